The van der Waals surface area contributed by atoms with E-state index in [9.17, 15) is 0 Å². The number of hydrogen-bond donors (Lipinski definition) is 1. The molecule has 3 rings (SSSR count). The highest BCUT2D eigenvalue weighted by molar-refractivity contribution is 7.10. The zero-order valence-electron chi connectivity index (χ0n) is 11.9. The Balaban J connectivity index is 2.00. The van der Waals surface area contributed by atoms with Gasteiger partial charge in [0.15, 0.2) is 0 Å². The average molecular weight is 341 g/mol. The zero-order valence-corrected chi connectivity index (χ0v) is 14.2. The first-order valence-corrected chi connectivity index (χ1v) is 8.73. The number of piperazine rings is 1. The van der Waals surface area contributed by atoms with Crippen molar-refractivity contribution in [1.29, 1.82) is 0 Å². The first-order chi connectivity index (χ1) is 10.1. The minimum absolute atomic E-state index is 0.264. The Kier molecular flexibility index (Phi) is 4.87. The van der Waals surface area contributed by atoms with Crippen molar-refractivity contribution in [2.45, 2.75) is 13.0 Å². The molecule has 1 fully saturated rings. The summed E-state index contributed by atoms with van der Waals surface area (Å²) < 4.78 is 0. The van der Waals surface area contributed by atoms with Gasteiger partial charge in [-0.2, -0.15) is 0 Å². The van der Waals surface area contributed by atoms with E-state index in [1.165, 1.54) is 16.0 Å². The highest BCUT2D eigenvalue weighted by Crippen LogP contribution is 2.35. The molecule has 0 spiro atoms. The van der Waals surface area contributed by atoms with Crippen LogP contribution in [0, 0.1) is 6.92 Å². The predicted octanol–water partition coefficient (Wildman–Crippen LogP) is 4.36. The van der Waals surface area contributed by atoms with Crippen molar-refractivity contribution >= 4 is 34.5 Å². The Hall–Kier alpha value is -0.580. The second-order valence-corrected chi connectivity index (χ2v) is 7.15. The van der Waals surface area contributed by atoms with Gasteiger partial charge in [-0.05, 0) is 41.6 Å². The maximum Gasteiger partial charge on any atom is 0.0697 e. The van der Waals surface area contributed by atoms with Crippen LogP contribution in [0.15, 0.2) is 29.6 Å². The van der Waals surface area contributed by atoms with Crippen molar-refractivity contribution in [2.75, 3.05) is 26.2 Å². The van der Waals surface area contributed by atoms with E-state index < -0.39 is 0 Å². The molecule has 1 saturated heterocycles. The third-order valence-electron chi connectivity index (χ3n) is 3.80. The fourth-order valence-electron chi connectivity index (χ4n) is 2.77. The van der Waals surface area contributed by atoms with Gasteiger partial charge in [-0.1, -0.05) is 29.3 Å². The summed E-state index contributed by atoms with van der Waals surface area (Å²) in [5.74, 6) is 0. The number of nitrogens with one attached hydrogen (secondary N) is 1. The number of nitrogens with zero attached hydrogens (tertiary/aromatic N) is 1. The molecule has 2 heterocycles. The van der Waals surface area contributed by atoms with E-state index in [1.54, 1.807) is 0 Å². The highest BCUT2D eigenvalue weighted by atomic mass is 35.5. The molecule has 5 heteroatoms. The van der Waals surface area contributed by atoms with Gasteiger partial charge in [-0.25, -0.2) is 0 Å². The SMILES string of the molecule is Cc1csc(C(c2ccc(Cl)c(Cl)c2)N2CCNCC2)c1. The molecule has 1 aliphatic heterocycles. The molecule has 1 aromatic carbocycles. The Morgan fingerprint density at radius 1 is 1.14 bits per heavy atom. The molecule has 0 radical (unpaired) electrons. The Bertz CT molecular complexity index is 620. The van der Waals surface area contributed by atoms with Crippen molar-refractivity contribution in [3.8, 4) is 0 Å². The Labute approximate surface area is 139 Å². The number of thiophene rings is 1. The van der Waals surface area contributed by atoms with Gasteiger partial charge < -0.3 is 5.32 Å². The summed E-state index contributed by atoms with van der Waals surface area (Å²) in [7, 11) is 0. The standard InChI is InChI=1S/C16H18Cl2N2S/c1-11-8-15(21-10-11)16(20-6-4-19-5-7-20)12-2-3-13(17)14(18)9-12/h2-3,8-10,16,19H,4-7H2,1H3. The van der Waals surface area contributed by atoms with E-state index in [1.807, 2.05) is 23.5 Å². The normalized spacial score (nSPS) is 17.9. The van der Waals surface area contributed by atoms with Crippen LogP contribution >= 0.6 is 34.5 Å². The van der Waals surface area contributed by atoms with Crippen molar-refractivity contribution in [1.82, 2.24) is 10.2 Å². The smallest absolute Gasteiger partial charge is 0.0697 e. The lowest BCUT2D eigenvalue weighted by atomic mass is 10.0. The maximum atomic E-state index is 6.23. The van der Waals surface area contributed by atoms with Gasteiger partial charge in [-0.3, -0.25) is 4.90 Å². The van der Waals surface area contributed by atoms with Gasteiger partial charge in [0.2, 0.25) is 0 Å². The van der Waals surface area contributed by atoms with Gasteiger partial charge in [0.1, 0.15) is 0 Å². The second kappa shape index (κ2) is 6.67. The van der Waals surface area contributed by atoms with Crippen LogP contribution < -0.4 is 5.32 Å². The van der Waals surface area contributed by atoms with E-state index in [-0.39, 0.29) is 6.04 Å². The summed E-state index contributed by atoms with van der Waals surface area (Å²) in [6, 6.07) is 8.54. The van der Waals surface area contributed by atoms with E-state index in [4.69, 9.17) is 23.2 Å². The van der Waals surface area contributed by atoms with Crippen LogP contribution in [0.3, 0.4) is 0 Å². The van der Waals surface area contributed by atoms with Gasteiger partial charge in [-0.15, -0.1) is 11.3 Å². The minimum atomic E-state index is 0.264. The average Bonchev–Trinajstić information content (AvgIpc) is 2.90. The first-order valence-electron chi connectivity index (χ1n) is 7.10. The van der Waals surface area contributed by atoms with E-state index in [2.05, 4.69) is 34.7 Å². The van der Waals surface area contributed by atoms with Crippen molar-refractivity contribution < 1.29 is 0 Å². The van der Waals surface area contributed by atoms with Crippen molar-refractivity contribution in [3.63, 3.8) is 0 Å². The topological polar surface area (TPSA) is 15.3 Å². The van der Waals surface area contributed by atoms with Crippen molar-refractivity contribution in [2.24, 2.45) is 0 Å². The molecule has 1 unspecified atom stereocenters. The molecule has 2 nitrogen and oxygen atoms in total. The molecule has 1 N–H and O–H groups in total. The minimum Gasteiger partial charge on any atom is -0.314 e. The molecule has 0 bridgehead atoms. The third kappa shape index (κ3) is 3.43. The molecular formula is C16H18Cl2N2S. The van der Waals surface area contributed by atoms with E-state index in [0.717, 1.165) is 26.2 Å². The number of halogens is 2. The third-order valence-corrected chi connectivity index (χ3v) is 5.64. The van der Waals surface area contributed by atoms with Crippen LogP contribution in [-0.2, 0) is 0 Å². The molecule has 1 atom stereocenters. The van der Waals surface area contributed by atoms with Crippen molar-refractivity contribution in [3.05, 3.63) is 55.7 Å². The lowest BCUT2D eigenvalue weighted by Gasteiger charge is -2.35. The lowest BCUT2D eigenvalue weighted by Crippen LogP contribution is -2.45. The summed E-state index contributed by atoms with van der Waals surface area (Å²) in [6.07, 6.45) is 0. The van der Waals surface area contributed by atoms with Gasteiger partial charge >= 0.3 is 0 Å². The summed E-state index contributed by atoms with van der Waals surface area (Å²) >= 11 is 14.1. The monoisotopic (exact) mass is 340 g/mol. The van der Waals surface area contributed by atoms with Gasteiger partial charge in [0.25, 0.3) is 0 Å². The largest absolute Gasteiger partial charge is 0.314 e. The lowest BCUT2D eigenvalue weighted by molar-refractivity contribution is 0.200. The highest BCUT2D eigenvalue weighted by Gasteiger charge is 2.25. The molecule has 1 aliphatic rings. The number of benzene rings is 1. The fraction of sp³-hybridized carbons (Fsp3) is 0.375. The summed E-state index contributed by atoms with van der Waals surface area (Å²) in [6.45, 7) is 6.29. The molecule has 1 aromatic heterocycles. The first kappa shape index (κ1) is 15.3. The molecule has 0 amide bonds. The van der Waals surface area contributed by atoms with Gasteiger partial charge in [0, 0.05) is 31.1 Å². The Morgan fingerprint density at radius 2 is 1.90 bits per heavy atom. The fourth-order valence-corrected chi connectivity index (χ4v) is 4.14. The molecule has 21 heavy (non-hydrogen) atoms. The molecule has 0 saturated carbocycles. The van der Waals surface area contributed by atoms with Crippen LogP contribution in [0.25, 0.3) is 0 Å². The molecule has 0 aliphatic carbocycles. The quantitative estimate of drug-likeness (QED) is 0.892. The zero-order chi connectivity index (χ0) is 14.8. The number of hydrogen-bond acceptors (Lipinski definition) is 3. The van der Waals surface area contributed by atoms with Gasteiger partial charge in [0.05, 0.1) is 16.1 Å². The summed E-state index contributed by atoms with van der Waals surface area (Å²) in [5, 5.41) is 6.86. The molecule has 2 aromatic rings. The predicted molar refractivity (Wildman–Crippen MR) is 91.8 cm³/mol. The van der Waals surface area contributed by atoms with Crippen LogP contribution in [0.1, 0.15) is 22.0 Å². The van der Waals surface area contributed by atoms with Crippen LogP contribution in [0.5, 0.6) is 0 Å². The Morgan fingerprint density at radius 3 is 2.52 bits per heavy atom. The van der Waals surface area contributed by atoms with Crippen LogP contribution in [0.2, 0.25) is 10.0 Å². The maximum absolute atomic E-state index is 6.23. The van der Waals surface area contributed by atoms with Crippen LogP contribution in [0.4, 0.5) is 0 Å². The van der Waals surface area contributed by atoms with E-state index in [0.29, 0.717) is 10.0 Å². The second-order valence-electron chi connectivity index (χ2n) is 5.39. The molecule has 112 valence electrons. The molecular weight excluding hydrogens is 323 g/mol. The van der Waals surface area contributed by atoms with Crippen LogP contribution in [-0.4, -0.2) is 31.1 Å². The number of aryl methyl sites for hydroxylation is 1. The summed E-state index contributed by atoms with van der Waals surface area (Å²) in [5.41, 5.74) is 2.53. The summed E-state index contributed by atoms with van der Waals surface area (Å²) in [4.78, 5) is 3.88. The number of rotatable bonds is 3. The van der Waals surface area contributed by atoms with E-state index >= 15 is 0 Å².